The van der Waals surface area contributed by atoms with Crippen LogP contribution in [0.2, 0.25) is 0 Å². The molecule has 13 heavy (non-hydrogen) atoms. The average molecular weight is 179 g/mol. The highest BCUT2D eigenvalue weighted by atomic mass is 16.3. The smallest absolute Gasteiger partial charge is 0.133 e. The molecule has 2 aromatic rings. The summed E-state index contributed by atoms with van der Waals surface area (Å²) in [7, 11) is 1.50. The molecule has 0 radical (unpaired) electrons. The van der Waals surface area contributed by atoms with Gasteiger partial charge in [0.2, 0.25) is 0 Å². The Labute approximate surface area is 79.4 Å². The van der Waals surface area contributed by atoms with Crippen LogP contribution < -0.4 is 5.73 Å². The van der Waals surface area contributed by atoms with E-state index >= 15 is 0 Å². The molecule has 72 valence electrons. The van der Waals surface area contributed by atoms with Gasteiger partial charge < -0.3 is 10.2 Å². The van der Waals surface area contributed by atoms with Crippen LogP contribution in [0.15, 0.2) is 41.0 Å². The summed E-state index contributed by atoms with van der Waals surface area (Å²) >= 11 is 0. The largest absolute Gasteiger partial charge is 0.464 e. The molecule has 0 atom stereocenters. The minimum Gasteiger partial charge on any atom is -0.464 e. The van der Waals surface area contributed by atoms with Gasteiger partial charge in [-0.3, -0.25) is 0 Å². The molecule has 1 aromatic heterocycles. The van der Waals surface area contributed by atoms with E-state index in [9.17, 15) is 0 Å². The van der Waals surface area contributed by atoms with E-state index in [0.29, 0.717) is 0 Å². The van der Waals surface area contributed by atoms with Crippen LogP contribution in [0.5, 0.6) is 0 Å². The highest BCUT2D eigenvalue weighted by molar-refractivity contribution is 5.76. The van der Waals surface area contributed by atoms with E-state index in [-0.39, 0.29) is 0 Å². The Morgan fingerprint density at radius 3 is 2.23 bits per heavy atom. The van der Waals surface area contributed by atoms with Gasteiger partial charge in [-0.1, -0.05) is 32.0 Å². The Kier molecular flexibility index (Phi) is 6.65. The summed E-state index contributed by atoms with van der Waals surface area (Å²) in [6.07, 6.45) is 1.70. The van der Waals surface area contributed by atoms with Gasteiger partial charge in [-0.2, -0.15) is 0 Å². The lowest BCUT2D eigenvalue weighted by Crippen LogP contribution is -1.69. The van der Waals surface area contributed by atoms with E-state index in [2.05, 4.69) is 5.73 Å². The van der Waals surface area contributed by atoms with Gasteiger partial charge in [0, 0.05) is 5.39 Å². The third-order valence-corrected chi connectivity index (χ3v) is 1.36. The Morgan fingerprint density at radius 1 is 1.00 bits per heavy atom. The van der Waals surface area contributed by atoms with E-state index in [0.717, 1.165) is 11.0 Å². The van der Waals surface area contributed by atoms with Crippen LogP contribution in [-0.4, -0.2) is 7.05 Å². The second-order valence-corrected chi connectivity index (χ2v) is 1.96. The van der Waals surface area contributed by atoms with Gasteiger partial charge in [-0.05, 0) is 19.2 Å². The number of benzene rings is 1. The molecule has 0 aliphatic heterocycles. The summed E-state index contributed by atoms with van der Waals surface area (Å²) in [6.45, 7) is 4.00. The predicted molar refractivity (Wildman–Crippen MR) is 57.7 cm³/mol. The van der Waals surface area contributed by atoms with Crippen molar-refractivity contribution in [3.8, 4) is 0 Å². The average Bonchev–Trinajstić information content (AvgIpc) is 2.71. The van der Waals surface area contributed by atoms with E-state index in [4.69, 9.17) is 4.42 Å². The Balaban J connectivity index is 0.000000322. The lowest BCUT2D eigenvalue weighted by atomic mass is 10.3. The van der Waals surface area contributed by atoms with Crippen LogP contribution in [-0.2, 0) is 0 Å². The highest BCUT2D eigenvalue weighted by Crippen LogP contribution is 2.12. The van der Waals surface area contributed by atoms with Crippen LogP contribution >= 0.6 is 0 Å². The topological polar surface area (TPSA) is 39.2 Å². The highest BCUT2D eigenvalue weighted by Gasteiger charge is 1.89. The zero-order valence-corrected chi connectivity index (χ0v) is 8.45. The second kappa shape index (κ2) is 7.37. The van der Waals surface area contributed by atoms with Gasteiger partial charge in [0.25, 0.3) is 0 Å². The lowest BCUT2D eigenvalue weighted by Gasteiger charge is -1.81. The Morgan fingerprint density at radius 2 is 1.62 bits per heavy atom. The molecule has 0 saturated heterocycles. The van der Waals surface area contributed by atoms with Crippen molar-refractivity contribution >= 4 is 11.0 Å². The fourth-order valence-corrected chi connectivity index (χ4v) is 0.906. The van der Waals surface area contributed by atoms with E-state index in [1.807, 2.05) is 44.2 Å². The first-order chi connectivity index (χ1) is 6.47. The summed E-state index contributed by atoms with van der Waals surface area (Å²) in [5.74, 6) is 0. The van der Waals surface area contributed by atoms with Crippen LogP contribution in [0.25, 0.3) is 11.0 Å². The van der Waals surface area contributed by atoms with Crippen molar-refractivity contribution in [2.45, 2.75) is 13.8 Å². The number of rotatable bonds is 0. The number of nitrogens with two attached hydrogens (primary N) is 1. The van der Waals surface area contributed by atoms with Gasteiger partial charge in [0.15, 0.2) is 0 Å². The van der Waals surface area contributed by atoms with Crippen molar-refractivity contribution in [2.24, 2.45) is 5.73 Å². The predicted octanol–water partition coefficient (Wildman–Crippen LogP) is 3.03. The Bertz CT molecular complexity index is 284. The standard InChI is InChI=1S/C8H6O.C2H6.CH5N/c1-2-4-8-7(3-1)5-6-9-8;2*1-2/h1-6H;1-2H3;2H2,1H3. The van der Waals surface area contributed by atoms with Crippen LogP contribution in [0.3, 0.4) is 0 Å². The molecule has 0 fully saturated rings. The van der Waals surface area contributed by atoms with Gasteiger partial charge in [-0.15, -0.1) is 0 Å². The molecule has 0 unspecified atom stereocenters. The fourth-order valence-electron chi connectivity index (χ4n) is 0.906. The molecule has 0 aliphatic rings. The fraction of sp³-hybridized carbons (Fsp3) is 0.273. The molecule has 2 N–H and O–H groups in total. The van der Waals surface area contributed by atoms with Gasteiger partial charge >= 0.3 is 0 Å². The maximum atomic E-state index is 5.12. The maximum absolute atomic E-state index is 5.12. The van der Waals surface area contributed by atoms with Crippen molar-refractivity contribution < 1.29 is 4.42 Å². The van der Waals surface area contributed by atoms with Crippen molar-refractivity contribution in [1.29, 1.82) is 0 Å². The van der Waals surface area contributed by atoms with Crippen molar-refractivity contribution in [3.05, 3.63) is 36.6 Å². The molecular weight excluding hydrogens is 162 g/mol. The quantitative estimate of drug-likeness (QED) is 0.675. The molecule has 1 heterocycles. The summed E-state index contributed by atoms with van der Waals surface area (Å²) in [6, 6.07) is 9.90. The zero-order valence-electron chi connectivity index (χ0n) is 8.45. The molecule has 0 spiro atoms. The number of hydrogen-bond donors (Lipinski definition) is 1. The van der Waals surface area contributed by atoms with Crippen molar-refractivity contribution in [3.63, 3.8) is 0 Å². The van der Waals surface area contributed by atoms with Crippen LogP contribution in [0.4, 0.5) is 0 Å². The number of para-hydroxylation sites is 1. The van der Waals surface area contributed by atoms with Crippen molar-refractivity contribution in [2.75, 3.05) is 7.05 Å². The molecule has 0 bridgehead atoms. The lowest BCUT2D eigenvalue weighted by molar-refractivity contribution is 0.616. The molecule has 2 heteroatoms. The van der Waals surface area contributed by atoms with Crippen molar-refractivity contribution in [1.82, 2.24) is 0 Å². The van der Waals surface area contributed by atoms with Gasteiger partial charge in [0.1, 0.15) is 5.58 Å². The number of furan rings is 1. The maximum Gasteiger partial charge on any atom is 0.133 e. The molecule has 0 saturated carbocycles. The van der Waals surface area contributed by atoms with Gasteiger partial charge in [-0.25, -0.2) is 0 Å². The summed E-state index contributed by atoms with van der Waals surface area (Å²) in [5.41, 5.74) is 5.46. The summed E-state index contributed by atoms with van der Waals surface area (Å²) < 4.78 is 5.12. The van der Waals surface area contributed by atoms with E-state index < -0.39 is 0 Å². The monoisotopic (exact) mass is 179 g/mol. The van der Waals surface area contributed by atoms with Crippen LogP contribution in [0, 0.1) is 0 Å². The normalized spacial score (nSPS) is 8.00. The summed E-state index contributed by atoms with van der Waals surface area (Å²) in [5, 5.41) is 1.16. The second-order valence-electron chi connectivity index (χ2n) is 1.96. The van der Waals surface area contributed by atoms with Gasteiger partial charge in [0.05, 0.1) is 6.26 Å². The molecule has 2 nitrogen and oxygen atoms in total. The van der Waals surface area contributed by atoms with Crippen LogP contribution in [0.1, 0.15) is 13.8 Å². The molecular formula is C11H17NO. The number of hydrogen-bond acceptors (Lipinski definition) is 2. The molecule has 1 aromatic carbocycles. The third kappa shape index (κ3) is 3.30. The third-order valence-electron chi connectivity index (χ3n) is 1.36. The molecule has 0 aliphatic carbocycles. The molecule has 0 amide bonds. The van der Waals surface area contributed by atoms with E-state index in [1.54, 1.807) is 6.26 Å². The minimum atomic E-state index is 0.956. The molecule has 2 rings (SSSR count). The first-order valence-corrected chi connectivity index (χ1v) is 4.47. The Hall–Kier alpha value is -1.28. The first kappa shape index (κ1) is 11.7. The first-order valence-electron chi connectivity index (χ1n) is 4.47. The number of fused-ring (bicyclic) bond motifs is 1. The minimum absolute atomic E-state index is 0.956. The summed E-state index contributed by atoms with van der Waals surface area (Å²) in [4.78, 5) is 0. The SMILES string of the molecule is CC.CN.c1ccc2occc2c1. The van der Waals surface area contributed by atoms with E-state index in [1.165, 1.54) is 7.05 Å². The zero-order chi connectivity index (χ0) is 10.1.